The van der Waals surface area contributed by atoms with Crippen LogP contribution in [0.1, 0.15) is 22.6 Å². The number of aromatic nitrogens is 6. The zero-order valence-corrected chi connectivity index (χ0v) is 31.2. The first kappa shape index (κ1) is 31.4. The van der Waals surface area contributed by atoms with E-state index in [1.54, 1.807) is 6.33 Å². The van der Waals surface area contributed by atoms with E-state index in [2.05, 4.69) is 196 Å². The summed E-state index contributed by atoms with van der Waals surface area (Å²) in [6, 6.07) is 65.4. The third-order valence-corrected chi connectivity index (χ3v) is 12.3. The Hall–Kier alpha value is -7.83. The van der Waals surface area contributed by atoms with Gasteiger partial charge in [-0.1, -0.05) is 152 Å². The maximum atomic E-state index is 5.49. The van der Waals surface area contributed by atoms with E-state index in [0.717, 1.165) is 54.9 Å². The van der Waals surface area contributed by atoms with Gasteiger partial charge in [-0.05, 0) is 58.1 Å². The number of fused-ring (bicyclic) bond motifs is 14. The van der Waals surface area contributed by atoms with Gasteiger partial charge in [-0.25, -0.2) is 9.97 Å². The Morgan fingerprint density at radius 1 is 0.362 bits per heavy atom. The molecule has 0 saturated carbocycles. The van der Waals surface area contributed by atoms with Crippen LogP contribution in [0.15, 0.2) is 188 Å². The van der Waals surface area contributed by atoms with Crippen LogP contribution in [0.2, 0.25) is 0 Å². The summed E-state index contributed by atoms with van der Waals surface area (Å²) in [4.78, 5) is 15.5. The summed E-state index contributed by atoms with van der Waals surface area (Å²) >= 11 is 0. The van der Waals surface area contributed by atoms with E-state index in [1.165, 1.54) is 44.0 Å². The molecule has 0 radical (unpaired) electrons. The predicted octanol–water partition coefficient (Wildman–Crippen LogP) is 12.3. The lowest BCUT2D eigenvalue weighted by molar-refractivity contribution is 0.882. The summed E-state index contributed by atoms with van der Waals surface area (Å²) in [5.74, 6) is 1.19. The second-order valence-electron chi connectivity index (χ2n) is 15.2. The average Bonchev–Trinajstić information content (AvgIpc) is 4.02. The molecule has 0 saturated heterocycles. The highest BCUT2D eigenvalue weighted by Crippen LogP contribution is 2.52. The van der Waals surface area contributed by atoms with E-state index in [4.69, 9.17) is 15.0 Å². The van der Waals surface area contributed by atoms with E-state index in [1.807, 2.05) is 0 Å². The van der Waals surface area contributed by atoms with Gasteiger partial charge in [0.25, 0.3) is 0 Å². The monoisotopic (exact) mass is 740 g/mol. The van der Waals surface area contributed by atoms with Crippen LogP contribution in [0, 0.1) is 0 Å². The SMILES string of the molecule is c1ccc(C2c3ccccc3-c3ccc4c5ccccc5n(-c5ncnc(-n6c7ccccc7c7ccc8c9ccccc9n(-c9ccccc9)c8c76)n5)c4c32)cc1. The van der Waals surface area contributed by atoms with Crippen molar-refractivity contribution in [3.63, 3.8) is 0 Å². The third-order valence-electron chi connectivity index (χ3n) is 12.3. The van der Waals surface area contributed by atoms with Crippen molar-refractivity contribution < 1.29 is 0 Å². The molecule has 4 heterocycles. The van der Waals surface area contributed by atoms with Crippen molar-refractivity contribution in [3.8, 4) is 28.7 Å². The highest BCUT2D eigenvalue weighted by atomic mass is 15.3. The molecule has 6 heteroatoms. The van der Waals surface area contributed by atoms with Crippen LogP contribution < -0.4 is 0 Å². The van der Waals surface area contributed by atoms with Crippen molar-refractivity contribution in [2.75, 3.05) is 0 Å². The average molecular weight is 741 g/mol. The van der Waals surface area contributed by atoms with Gasteiger partial charge in [-0.2, -0.15) is 4.98 Å². The van der Waals surface area contributed by atoms with Gasteiger partial charge < -0.3 is 4.57 Å². The minimum Gasteiger partial charge on any atom is -0.307 e. The number of benzene rings is 8. The lowest BCUT2D eigenvalue weighted by Crippen LogP contribution is -2.09. The fourth-order valence-electron chi connectivity index (χ4n) is 10.0. The van der Waals surface area contributed by atoms with E-state index >= 15 is 0 Å². The predicted molar refractivity (Wildman–Crippen MR) is 236 cm³/mol. The molecule has 13 rings (SSSR count). The molecule has 0 amide bonds. The molecule has 0 spiro atoms. The Balaban J connectivity index is 1.14. The highest BCUT2D eigenvalue weighted by molar-refractivity contribution is 6.23. The molecule has 58 heavy (non-hydrogen) atoms. The summed E-state index contributed by atoms with van der Waals surface area (Å²) in [6.07, 6.45) is 1.68. The molecule has 270 valence electrons. The van der Waals surface area contributed by atoms with Gasteiger partial charge in [0, 0.05) is 43.9 Å². The molecule has 1 atom stereocenters. The largest absolute Gasteiger partial charge is 0.307 e. The maximum absolute atomic E-state index is 5.49. The maximum Gasteiger partial charge on any atom is 0.239 e. The number of rotatable bonds is 4. The molecule has 6 nitrogen and oxygen atoms in total. The summed E-state index contributed by atoms with van der Waals surface area (Å²) in [6.45, 7) is 0. The first-order valence-corrected chi connectivity index (χ1v) is 19.7. The Labute approximate surface area is 332 Å². The number of hydrogen-bond donors (Lipinski definition) is 0. The summed E-state index contributed by atoms with van der Waals surface area (Å²) < 4.78 is 6.92. The van der Waals surface area contributed by atoms with Gasteiger partial charge in [0.05, 0.1) is 33.1 Å². The van der Waals surface area contributed by atoms with Crippen LogP contribution in [0.3, 0.4) is 0 Å². The summed E-state index contributed by atoms with van der Waals surface area (Å²) in [5.41, 5.74) is 14.0. The third kappa shape index (κ3) is 4.18. The summed E-state index contributed by atoms with van der Waals surface area (Å²) in [5, 5.41) is 7.00. The van der Waals surface area contributed by atoms with Gasteiger partial charge >= 0.3 is 0 Å². The van der Waals surface area contributed by atoms with Crippen molar-refractivity contribution in [2.45, 2.75) is 5.92 Å². The molecule has 1 aliphatic carbocycles. The molecule has 0 aliphatic heterocycles. The molecule has 12 aromatic rings. The molecular weight excluding hydrogens is 709 g/mol. The van der Waals surface area contributed by atoms with Crippen molar-refractivity contribution in [2.24, 2.45) is 0 Å². The zero-order chi connectivity index (χ0) is 37.9. The van der Waals surface area contributed by atoms with E-state index in [9.17, 15) is 0 Å². The number of para-hydroxylation sites is 4. The molecular formula is C52H32N6. The van der Waals surface area contributed by atoms with Crippen LogP contribution in [0.25, 0.3) is 94.1 Å². The number of hydrogen-bond acceptors (Lipinski definition) is 3. The molecule has 0 bridgehead atoms. The molecule has 8 aromatic carbocycles. The first-order chi connectivity index (χ1) is 28.8. The molecule has 0 N–H and O–H groups in total. The first-order valence-electron chi connectivity index (χ1n) is 19.7. The standard InChI is InChI=1S/C52H32N6/c1-3-15-32(16-4-1)46-38-23-8-7-19-34(38)39-27-28-40-35-20-10-13-25-44(35)57(48(40)47(39)46)51-53-31-54-52(55-51)58-45-26-14-11-22-37(45)42-30-29-41-36-21-9-12-24-43(36)56(49(41)50(42)58)33-17-5-2-6-18-33/h1-31,46H. The van der Waals surface area contributed by atoms with Gasteiger partial charge in [0.2, 0.25) is 11.9 Å². The van der Waals surface area contributed by atoms with E-state index in [0.29, 0.717) is 11.9 Å². The lowest BCUT2D eigenvalue weighted by atomic mass is 9.88. The van der Waals surface area contributed by atoms with Crippen molar-refractivity contribution in [3.05, 3.63) is 205 Å². The second-order valence-corrected chi connectivity index (χ2v) is 15.2. The second kappa shape index (κ2) is 11.8. The minimum atomic E-state index is 0.0472. The fourth-order valence-corrected chi connectivity index (χ4v) is 10.0. The van der Waals surface area contributed by atoms with Crippen molar-refractivity contribution in [1.29, 1.82) is 0 Å². The Bertz CT molecular complexity index is 3630. The van der Waals surface area contributed by atoms with Gasteiger partial charge in [-0.3, -0.25) is 9.13 Å². The van der Waals surface area contributed by atoms with Crippen LogP contribution in [-0.2, 0) is 0 Å². The minimum absolute atomic E-state index is 0.0472. The Morgan fingerprint density at radius 3 is 1.50 bits per heavy atom. The van der Waals surface area contributed by atoms with Crippen LogP contribution in [-0.4, -0.2) is 28.7 Å². The number of nitrogens with zero attached hydrogens (tertiary/aromatic N) is 6. The molecule has 4 aromatic heterocycles. The van der Waals surface area contributed by atoms with Crippen LogP contribution in [0.5, 0.6) is 0 Å². The topological polar surface area (TPSA) is 53.5 Å². The lowest BCUT2D eigenvalue weighted by Gasteiger charge is -2.17. The molecule has 1 unspecified atom stereocenters. The van der Waals surface area contributed by atoms with E-state index < -0.39 is 0 Å². The zero-order valence-electron chi connectivity index (χ0n) is 31.2. The highest BCUT2D eigenvalue weighted by Gasteiger charge is 2.34. The fraction of sp³-hybridized carbons (Fsp3) is 0.0192. The van der Waals surface area contributed by atoms with Gasteiger partial charge in [0.15, 0.2) is 0 Å². The quantitative estimate of drug-likeness (QED) is 0.181. The van der Waals surface area contributed by atoms with Gasteiger partial charge in [-0.15, -0.1) is 0 Å². The smallest absolute Gasteiger partial charge is 0.239 e. The van der Waals surface area contributed by atoms with Crippen LogP contribution in [0.4, 0.5) is 0 Å². The van der Waals surface area contributed by atoms with E-state index in [-0.39, 0.29) is 5.92 Å². The molecule has 0 fully saturated rings. The van der Waals surface area contributed by atoms with Crippen molar-refractivity contribution >= 4 is 65.4 Å². The Kier molecular flexibility index (Phi) is 6.41. The molecule has 1 aliphatic rings. The Morgan fingerprint density at radius 2 is 0.845 bits per heavy atom. The normalized spacial score (nSPS) is 13.7. The van der Waals surface area contributed by atoms with Crippen LogP contribution >= 0.6 is 0 Å². The summed E-state index contributed by atoms with van der Waals surface area (Å²) in [7, 11) is 0. The van der Waals surface area contributed by atoms with Crippen molar-refractivity contribution in [1.82, 2.24) is 28.7 Å². The van der Waals surface area contributed by atoms with Gasteiger partial charge in [0.1, 0.15) is 6.33 Å².